The molecule has 3 aromatic rings. The van der Waals surface area contributed by atoms with E-state index in [2.05, 4.69) is 16.0 Å². The summed E-state index contributed by atoms with van der Waals surface area (Å²) in [4.78, 5) is 26.6. The van der Waals surface area contributed by atoms with Gasteiger partial charge < -0.3 is 30.0 Å². The van der Waals surface area contributed by atoms with Crippen molar-refractivity contribution < 1.29 is 23.6 Å². The minimum atomic E-state index is -3.51. The van der Waals surface area contributed by atoms with Crippen molar-refractivity contribution in [2.45, 2.75) is 19.3 Å². The van der Waals surface area contributed by atoms with Crippen molar-refractivity contribution in [1.82, 2.24) is 16.0 Å². The van der Waals surface area contributed by atoms with Crippen LogP contribution in [-0.4, -0.2) is 65.4 Å². The van der Waals surface area contributed by atoms with Gasteiger partial charge in [-0.3, -0.25) is 9.59 Å². The molecule has 0 saturated carbocycles. The SMILES string of the molecule is CNCCCCNC(=O)c1ccc(C(=O)NCCCOCCOC)cc1P(=O)(c1ccccc1)c1ccccc1. The summed E-state index contributed by atoms with van der Waals surface area (Å²) >= 11 is 0. The molecule has 0 aromatic heterocycles. The van der Waals surface area contributed by atoms with Crippen LogP contribution in [0.2, 0.25) is 0 Å². The van der Waals surface area contributed by atoms with E-state index < -0.39 is 7.14 Å². The second kappa shape index (κ2) is 16.7. The van der Waals surface area contributed by atoms with E-state index in [9.17, 15) is 9.59 Å². The summed E-state index contributed by atoms with van der Waals surface area (Å²) in [5.41, 5.74) is 0.640. The molecule has 0 aliphatic rings. The standard InChI is InChI=1S/C31H40N3O5P/c1-32-18-9-10-19-34-31(36)28-17-16-25(30(35)33-20-11-21-39-23-22-38-2)24-29(28)40(37,26-12-5-3-6-13-26)27-14-7-4-8-15-27/h3-8,12-17,24,32H,9-11,18-23H2,1-2H3,(H,33,35)(H,34,36). The zero-order valence-electron chi connectivity index (χ0n) is 23.4. The van der Waals surface area contributed by atoms with E-state index in [1.165, 1.54) is 0 Å². The molecule has 0 atom stereocenters. The fourth-order valence-electron chi connectivity index (χ4n) is 4.27. The number of rotatable bonds is 17. The van der Waals surface area contributed by atoms with Crippen molar-refractivity contribution in [3.8, 4) is 0 Å². The Morgan fingerprint density at radius 2 is 1.32 bits per heavy atom. The van der Waals surface area contributed by atoms with Gasteiger partial charge in [0.2, 0.25) is 0 Å². The molecule has 0 unspecified atom stereocenters. The van der Waals surface area contributed by atoms with Crippen LogP contribution < -0.4 is 31.9 Å². The molecule has 0 heterocycles. The number of hydrogen-bond acceptors (Lipinski definition) is 6. The van der Waals surface area contributed by atoms with Crippen molar-refractivity contribution in [1.29, 1.82) is 0 Å². The van der Waals surface area contributed by atoms with E-state index in [1.807, 2.05) is 67.7 Å². The highest BCUT2D eigenvalue weighted by Crippen LogP contribution is 2.43. The zero-order valence-corrected chi connectivity index (χ0v) is 24.3. The fourth-order valence-corrected chi connectivity index (χ4v) is 7.15. The first-order chi connectivity index (χ1) is 19.5. The lowest BCUT2D eigenvalue weighted by Crippen LogP contribution is -2.35. The molecule has 214 valence electrons. The third kappa shape index (κ3) is 8.60. The summed E-state index contributed by atoms with van der Waals surface area (Å²) in [6.45, 7) is 3.30. The minimum Gasteiger partial charge on any atom is -0.382 e. The molecule has 0 spiro atoms. The maximum absolute atomic E-state index is 15.2. The monoisotopic (exact) mass is 565 g/mol. The molecule has 40 heavy (non-hydrogen) atoms. The molecule has 3 N–H and O–H groups in total. The van der Waals surface area contributed by atoms with Crippen LogP contribution in [0.4, 0.5) is 0 Å². The maximum Gasteiger partial charge on any atom is 0.252 e. The molecule has 0 aliphatic carbocycles. The number of methoxy groups -OCH3 is 1. The predicted molar refractivity (Wildman–Crippen MR) is 161 cm³/mol. The van der Waals surface area contributed by atoms with Crippen molar-refractivity contribution in [2.24, 2.45) is 0 Å². The highest BCUT2D eigenvalue weighted by atomic mass is 31.2. The van der Waals surface area contributed by atoms with Crippen molar-refractivity contribution in [2.75, 3.05) is 53.6 Å². The van der Waals surface area contributed by atoms with Gasteiger partial charge in [-0.1, -0.05) is 60.7 Å². The highest BCUT2D eigenvalue weighted by Gasteiger charge is 2.34. The summed E-state index contributed by atoms with van der Waals surface area (Å²) in [5, 5.41) is 10.5. The Morgan fingerprint density at radius 1 is 0.725 bits per heavy atom. The van der Waals surface area contributed by atoms with Crippen LogP contribution in [0.1, 0.15) is 40.0 Å². The molecule has 2 amide bonds. The maximum atomic E-state index is 15.2. The smallest absolute Gasteiger partial charge is 0.252 e. The van der Waals surface area contributed by atoms with Gasteiger partial charge in [-0.2, -0.15) is 0 Å². The second-order valence-corrected chi connectivity index (χ2v) is 12.0. The first kappa shape index (κ1) is 31.2. The summed E-state index contributed by atoms with van der Waals surface area (Å²) in [6, 6.07) is 23.1. The largest absolute Gasteiger partial charge is 0.382 e. The van der Waals surface area contributed by atoms with Crippen LogP contribution in [0.3, 0.4) is 0 Å². The average molecular weight is 566 g/mol. The van der Waals surface area contributed by atoms with Gasteiger partial charge in [-0.15, -0.1) is 0 Å². The molecule has 9 heteroatoms. The number of amides is 2. The van der Waals surface area contributed by atoms with E-state index in [0.29, 0.717) is 66.4 Å². The number of carbonyl (C=O) groups excluding carboxylic acids is 2. The van der Waals surface area contributed by atoms with E-state index in [-0.39, 0.29) is 11.8 Å². The van der Waals surface area contributed by atoms with E-state index in [4.69, 9.17) is 9.47 Å². The first-order valence-electron chi connectivity index (χ1n) is 13.7. The lowest BCUT2D eigenvalue weighted by atomic mass is 10.1. The van der Waals surface area contributed by atoms with Crippen LogP contribution in [-0.2, 0) is 14.0 Å². The van der Waals surface area contributed by atoms with Gasteiger partial charge in [0.15, 0.2) is 7.14 Å². The molecule has 3 rings (SSSR count). The van der Waals surface area contributed by atoms with Gasteiger partial charge in [0.1, 0.15) is 0 Å². The molecule has 0 fully saturated rings. The number of hydrogen-bond donors (Lipinski definition) is 3. The molecular weight excluding hydrogens is 525 g/mol. The highest BCUT2D eigenvalue weighted by molar-refractivity contribution is 7.85. The van der Waals surface area contributed by atoms with E-state index in [0.717, 1.165) is 19.4 Å². The molecule has 0 aliphatic heterocycles. The van der Waals surface area contributed by atoms with E-state index >= 15 is 4.57 Å². The van der Waals surface area contributed by atoms with E-state index in [1.54, 1.807) is 25.3 Å². The first-order valence-corrected chi connectivity index (χ1v) is 15.4. The van der Waals surface area contributed by atoms with Crippen molar-refractivity contribution in [3.63, 3.8) is 0 Å². The Morgan fingerprint density at radius 3 is 1.95 bits per heavy atom. The normalized spacial score (nSPS) is 11.2. The van der Waals surface area contributed by atoms with Crippen LogP contribution in [0.5, 0.6) is 0 Å². The number of carbonyl (C=O) groups is 2. The topological polar surface area (TPSA) is 106 Å². The summed E-state index contributed by atoms with van der Waals surface area (Å²) in [6.07, 6.45) is 2.38. The van der Waals surface area contributed by atoms with Gasteiger partial charge in [-0.05, 0) is 51.1 Å². The zero-order chi connectivity index (χ0) is 28.6. The Hall–Kier alpha value is -3.29. The minimum absolute atomic E-state index is 0.299. The average Bonchev–Trinajstić information content (AvgIpc) is 3.00. The van der Waals surface area contributed by atoms with Gasteiger partial charge in [0, 0.05) is 48.3 Å². The van der Waals surface area contributed by atoms with Gasteiger partial charge in [-0.25, -0.2) is 0 Å². The number of nitrogens with one attached hydrogen (secondary N) is 3. The Bertz CT molecular complexity index is 1210. The van der Waals surface area contributed by atoms with Crippen LogP contribution in [0, 0.1) is 0 Å². The van der Waals surface area contributed by atoms with Crippen LogP contribution >= 0.6 is 7.14 Å². The molecular formula is C31H40N3O5P. The number of unbranched alkanes of at least 4 members (excludes halogenated alkanes) is 1. The quantitative estimate of drug-likeness (QED) is 0.172. The fraction of sp³-hybridized carbons (Fsp3) is 0.355. The van der Waals surface area contributed by atoms with Crippen LogP contribution in [0.15, 0.2) is 78.9 Å². The Labute approximate surface area is 237 Å². The van der Waals surface area contributed by atoms with Gasteiger partial charge in [0.25, 0.3) is 11.8 Å². The summed E-state index contributed by atoms with van der Waals surface area (Å²) < 4.78 is 25.6. The van der Waals surface area contributed by atoms with Crippen LogP contribution in [0.25, 0.3) is 0 Å². The van der Waals surface area contributed by atoms with Crippen molar-refractivity contribution in [3.05, 3.63) is 90.0 Å². The number of benzene rings is 3. The molecule has 8 nitrogen and oxygen atoms in total. The number of ether oxygens (including phenoxy) is 2. The Balaban J connectivity index is 1.95. The Kier molecular flexibility index (Phi) is 13.1. The lowest BCUT2D eigenvalue weighted by molar-refractivity contribution is 0.0688. The van der Waals surface area contributed by atoms with Crippen molar-refractivity contribution >= 4 is 34.9 Å². The third-order valence-corrected chi connectivity index (χ3v) is 9.50. The van der Waals surface area contributed by atoms with Gasteiger partial charge in [0.05, 0.1) is 18.8 Å². The predicted octanol–water partition coefficient (Wildman–Crippen LogP) is 2.84. The molecule has 3 aromatic carbocycles. The molecule has 0 bridgehead atoms. The summed E-state index contributed by atoms with van der Waals surface area (Å²) in [5.74, 6) is -0.614. The second-order valence-electron chi connectivity index (χ2n) is 9.29. The molecule has 0 saturated heterocycles. The third-order valence-electron chi connectivity index (χ3n) is 6.41. The van der Waals surface area contributed by atoms with Gasteiger partial charge >= 0.3 is 0 Å². The molecule has 0 radical (unpaired) electrons. The summed E-state index contributed by atoms with van der Waals surface area (Å²) in [7, 11) is -0.00385. The lowest BCUT2D eigenvalue weighted by Gasteiger charge is -2.23.